The fourth-order valence-corrected chi connectivity index (χ4v) is 2.31. The third-order valence-corrected chi connectivity index (χ3v) is 2.94. The molecule has 0 aromatic carbocycles. The number of hydrogen-bond acceptors (Lipinski definition) is 4. The third-order valence-electron chi connectivity index (χ3n) is 2.94. The normalized spacial score (nSPS) is 15.7. The highest BCUT2D eigenvalue weighted by molar-refractivity contribution is 5.17. The van der Waals surface area contributed by atoms with Gasteiger partial charge >= 0.3 is 0 Å². The van der Waals surface area contributed by atoms with Gasteiger partial charge in [-0.2, -0.15) is 0 Å². The molecule has 2 unspecified atom stereocenters. The molecule has 1 aromatic heterocycles. The summed E-state index contributed by atoms with van der Waals surface area (Å²) in [6.45, 7) is 9.16. The van der Waals surface area contributed by atoms with Crippen LogP contribution in [0.25, 0.3) is 0 Å². The van der Waals surface area contributed by atoms with Crippen molar-refractivity contribution in [3.8, 4) is 0 Å². The van der Waals surface area contributed by atoms with Crippen LogP contribution in [0.1, 0.15) is 39.3 Å². The number of nitrogens with two attached hydrogens (primary N) is 1. The number of aliphatic hydroxyl groups is 1. The second kappa shape index (κ2) is 6.27. The number of aromatic nitrogens is 1. The van der Waals surface area contributed by atoms with Gasteiger partial charge in [-0.3, -0.25) is 9.88 Å². The van der Waals surface area contributed by atoms with Crippen LogP contribution in [0, 0.1) is 0 Å². The zero-order chi connectivity index (χ0) is 13.8. The summed E-state index contributed by atoms with van der Waals surface area (Å²) in [5.74, 6) is 0. The van der Waals surface area contributed by atoms with E-state index in [0.29, 0.717) is 6.54 Å². The average molecular weight is 251 g/mol. The van der Waals surface area contributed by atoms with Crippen molar-refractivity contribution in [1.29, 1.82) is 0 Å². The van der Waals surface area contributed by atoms with Gasteiger partial charge in [0.15, 0.2) is 0 Å². The lowest BCUT2D eigenvalue weighted by Crippen LogP contribution is -2.45. The topological polar surface area (TPSA) is 62.4 Å². The Morgan fingerprint density at radius 2 is 1.94 bits per heavy atom. The average Bonchev–Trinajstić information content (AvgIpc) is 2.27. The van der Waals surface area contributed by atoms with Crippen LogP contribution in [0.4, 0.5) is 0 Å². The molecule has 18 heavy (non-hydrogen) atoms. The Labute approximate surface area is 110 Å². The molecule has 0 aliphatic rings. The van der Waals surface area contributed by atoms with E-state index in [1.807, 2.05) is 32.9 Å². The minimum atomic E-state index is -0.726. The maximum Gasteiger partial charge on any atom is 0.0718 e. The highest BCUT2D eigenvalue weighted by Gasteiger charge is 2.27. The molecule has 0 aliphatic heterocycles. The number of pyridine rings is 1. The predicted molar refractivity (Wildman–Crippen MR) is 74.2 cm³/mol. The van der Waals surface area contributed by atoms with Crippen LogP contribution in [-0.4, -0.2) is 39.7 Å². The molecule has 2 atom stereocenters. The van der Waals surface area contributed by atoms with Gasteiger partial charge in [0.2, 0.25) is 0 Å². The van der Waals surface area contributed by atoms with E-state index in [0.717, 1.165) is 12.1 Å². The Morgan fingerprint density at radius 3 is 2.33 bits per heavy atom. The first-order chi connectivity index (χ1) is 8.35. The molecule has 3 N–H and O–H groups in total. The first-order valence-corrected chi connectivity index (χ1v) is 6.47. The Bertz CT molecular complexity index is 346. The smallest absolute Gasteiger partial charge is 0.0718 e. The van der Waals surface area contributed by atoms with E-state index in [9.17, 15) is 5.11 Å². The molecule has 0 fully saturated rings. The van der Waals surface area contributed by atoms with E-state index in [2.05, 4.69) is 16.8 Å². The number of likely N-dealkylation sites (N-methyl/N-ethyl adjacent to an activating group) is 1. The lowest BCUT2D eigenvalue weighted by Gasteiger charge is -2.37. The molecule has 0 amide bonds. The molecule has 4 nitrogen and oxygen atoms in total. The molecular formula is C14H25N3O. The van der Waals surface area contributed by atoms with Crippen molar-refractivity contribution >= 4 is 0 Å². The van der Waals surface area contributed by atoms with Gasteiger partial charge < -0.3 is 10.8 Å². The van der Waals surface area contributed by atoms with Gasteiger partial charge in [-0.15, -0.1) is 0 Å². The maximum absolute atomic E-state index is 10.0. The maximum atomic E-state index is 10.0. The van der Waals surface area contributed by atoms with Crippen LogP contribution in [0.3, 0.4) is 0 Å². The standard InChI is InChI=1S/C14H25N3O/c1-5-17(10-14(3,4)18)13(11(2)15)12-6-8-16-9-7-12/h6-9,11,13,18H,5,10,15H2,1-4H3. The second-order valence-corrected chi connectivity index (χ2v) is 5.46. The van der Waals surface area contributed by atoms with Gasteiger partial charge in [0, 0.05) is 31.0 Å². The lowest BCUT2D eigenvalue weighted by atomic mass is 9.98. The molecule has 0 bridgehead atoms. The van der Waals surface area contributed by atoms with Gasteiger partial charge in [-0.1, -0.05) is 6.92 Å². The van der Waals surface area contributed by atoms with Crippen LogP contribution < -0.4 is 5.73 Å². The first-order valence-electron chi connectivity index (χ1n) is 6.47. The Morgan fingerprint density at radius 1 is 1.39 bits per heavy atom. The molecule has 0 saturated heterocycles. The third kappa shape index (κ3) is 4.37. The lowest BCUT2D eigenvalue weighted by molar-refractivity contribution is 0.0187. The molecule has 0 saturated carbocycles. The summed E-state index contributed by atoms with van der Waals surface area (Å²) in [5, 5.41) is 10.0. The number of rotatable bonds is 6. The second-order valence-electron chi connectivity index (χ2n) is 5.46. The van der Waals surface area contributed by atoms with Crippen molar-refractivity contribution < 1.29 is 5.11 Å². The molecule has 1 aromatic rings. The van der Waals surface area contributed by atoms with Crippen molar-refractivity contribution in [3.63, 3.8) is 0 Å². The SMILES string of the molecule is CCN(CC(C)(C)O)C(c1ccncc1)C(C)N. The molecule has 102 valence electrons. The fourth-order valence-electron chi connectivity index (χ4n) is 2.31. The zero-order valence-corrected chi connectivity index (χ0v) is 11.8. The molecule has 1 heterocycles. The molecular weight excluding hydrogens is 226 g/mol. The van der Waals surface area contributed by atoms with E-state index in [1.165, 1.54) is 0 Å². The number of hydrogen-bond donors (Lipinski definition) is 2. The molecule has 0 aliphatic carbocycles. The van der Waals surface area contributed by atoms with Crippen LogP contribution in [0.15, 0.2) is 24.5 Å². The molecule has 4 heteroatoms. The quantitative estimate of drug-likeness (QED) is 0.805. The van der Waals surface area contributed by atoms with Gasteiger partial charge in [0.05, 0.1) is 5.60 Å². The monoisotopic (exact) mass is 251 g/mol. The van der Waals surface area contributed by atoms with Crippen LogP contribution in [0.2, 0.25) is 0 Å². The summed E-state index contributed by atoms with van der Waals surface area (Å²) < 4.78 is 0. The zero-order valence-electron chi connectivity index (χ0n) is 11.8. The Kier molecular flexibility index (Phi) is 5.26. The molecule has 1 rings (SSSR count). The van der Waals surface area contributed by atoms with Crippen molar-refractivity contribution in [2.24, 2.45) is 5.73 Å². The summed E-state index contributed by atoms with van der Waals surface area (Å²) in [5.41, 5.74) is 6.54. The Balaban J connectivity index is 2.96. The molecule has 0 radical (unpaired) electrons. The Hall–Kier alpha value is -0.970. The van der Waals surface area contributed by atoms with Gasteiger partial charge in [0.25, 0.3) is 0 Å². The summed E-state index contributed by atoms with van der Waals surface area (Å²) in [6, 6.07) is 4.07. The number of nitrogens with zero attached hydrogens (tertiary/aromatic N) is 2. The van der Waals surface area contributed by atoms with Crippen LogP contribution in [0.5, 0.6) is 0 Å². The fraction of sp³-hybridized carbons (Fsp3) is 0.643. The molecule has 0 spiro atoms. The van der Waals surface area contributed by atoms with Crippen molar-refractivity contribution in [2.75, 3.05) is 13.1 Å². The first kappa shape index (κ1) is 15.1. The van der Waals surface area contributed by atoms with E-state index < -0.39 is 5.60 Å². The van der Waals surface area contributed by atoms with Crippen LogP contribution >= 0.6 is 0 Å². The van der Waals surface area contributed by atoms with Crippen LogP contribution in [-0.2, 0) is 0 Å². The van der Waals surface area contributed by atoms with Crippen molar-refractivity contribution in [1.82, 2.24) is 9.88 Å². The summed E-state index contributed by atoms with van der Waals surface area (Å²) in [7, 11) is 0. The summed E-state index contributed by atoms with van der Waals surface area (Å²) in [6.07, 6.45) is 3.56. The van der Waals surface area contributed by atoms with Crippen molar-refractivity contribution in [2.45, 2.75) is 45.4 Å². The van der Waals surface area contributed by atoms with Gasteiger partial charge in [-0.25, -0.2) is 0 Å². The summed E-state index contributed by atoms with van der Waals surface area (Å²) in [4.78, 5) is 6.25. The van der Waals surface area contributed by atoms with E-state index >= 15 is 0 Å². The minimum Gasteiger partial charge on any atom is -0.389 e. The van der Waals surface area contributed by atoms with E-state index in [-0.39, 0.29) is 12.1 Å². The van der Waals surface area contributed by atoms with Crippen molar-refractivity contribution in [3.05, 3.63) is 30.1 Å². The summed E-state index contributed by atoms with van der Waals surface area (Å²) >= 11 is 0. The highest BCUT2D eigenvalue weighted by atomic mass is 16.3. The van der Waals surface area contributed by atoms with E-state index in [4.69, 9.17) is 5.73 Å². The highest BCUT2D eigenvalue weighted by Crippen LogP contribution is 2.24. The predicted octanol–water partition coefficient (Wildman–Crippen LogP) is 1.56. The van der Waals surface area contributed by atoms with Gasteiger partial charge in [0.1, 0.15) is 0 Å². The largest absolute Gasteiger partial charge is 0.389 e. The van der Waals surface area contributed by atoms with E-state index in [1.54, 1.807) is 12.4 Å². The van der Waals surface area contributed by atoms with Gasteiger partial charge in [-0.05, 0) is 45.0 Å². The minimum absolute atomic E-state index is 0.00491.